The molecule has 0 radical (unpaired) electrons. The first-order chi connectivity index (χ1) is 24.1. The van der Waals surface area contributed by atoms with Crippen molar-refractivity contribution in [3.05, 3.63) is 77.0 Å². The van der Waals surface area contributed by atoms with Crippen molar-refractivity contribution >= 4 is 29.6 Å². The normalized spacial score (nSPS) is 18.7. The fraction of sp³-hybridized carbons (Fsp3) is 0.406. The number of carbonyl (C=O) groups excluding carboxylic acids is 2. The van der Waals surface area contributed by atoms with Crippen LogP contribution in [0.5, 0.6) is 0 Å². The molecule has 0 spiro atoms. The van der Waals surface area contributed by atoms with E-state index in [-0.39, 0.29) is 34.4 Å². The minimum atomic E-state index is -4.75. The number of alkyl carbamates (subject to hydrolysis) is 1. The number of methoxy groups -OCH3 is 1. The zero-order chi connectivity index (χ0) is 36.9. The van der Waals surface area contributed by atoms with Gasteiger partial charge in [-0.25, -0.2) is 28.2 Å². The van der Waals surface area contributed by atoms with Crippen LogP contribution in [0.1, 0.15) is 68.6 Å². The summed E-state index contributed by atoms with van der Waals surface area (Å²) in [4.78, 5) is 37.6. The van der Waals surface area contributed by atoms with Crippen LogP contribution < -0.4 is 11.1 Å². The number of guanidine groups is 1. The van der Waals surface area contributed by atoms with Crippen molar-refractivity contribution in [1.29, 1.82) is 0 Å². The maximum atomic E-state index is 14.8. The number of rotatable bonds is 11. The molecule has 0 bridgehead atoms. The number of nitrogens with zero attached hydrogens (tertiary/aromatic N) is 8. The molecule has 3 heterocycles. The Morgan fingerprint density at radius 3 is 2.47 bits per heavy atom. The van der Waals surface area contributed by atoms with Crippen molar-refractivity contribution in [3.63, 3.8) is 0 Å². The van der Waals surface area contributed by atoms with Crippen LogP contribution in [0, 0.1) is 5.41 Å². The molecular formula is C32H32ClF5N10O3. The Balaban J connectivity index is 1.44. The van der Waals surface area contributed by atoms with Gasteiger partial charge in [0.05, 0.1) is 41.5 Å². The molecule has 6 rings (SSSR count). The molecule has 2 aromatic heterocycles. The summed E-state index contributed by atoms with van der Waals surface area (Å²) in [7, 11) is 1.11. The lowest BCUT2D eigenvalue weighted by Gasteiger charge is -2.37. The van der Waals surface area contributed by atoms with Crippen LogP contribution in [0.25, 0.3) is 16.9 Å². The molecule has 4 aromatic rings. The van der Waals surface area contributed by atoms with E-state index in [1.165, 1.54) is 30.3 Å². The maximum Gasteiger partial charge on any atom is 0.406 e. The van der Waals surface area contributed by atoms with Gasteiger partial charge >= 0.3 is 12.3 Å². The van der Waals surface area contributed by atoms with Gasteiger partial charge in [-0.3, -0.25) is 9.69 Å². The highest BCUT2D eigenvalue weighted by molar-refractivity contribution is 6.32. The lowest BCUT2D eigenvalue weighted by atomic mass is 9.74. The number of nitrogens with one attached hydrogen (secondary N) is 1. The Hall–Kier alpha value is -5.13. The summed E-state index contributed by atoms with van der Waals surface area (Å²) in [5.41, 5.74) is 3.21. The van der Waals surface area contributed by atoms with Crippen molar-refractivity contribution in [2.24, 2.45) is 16.1 Å². The van der Waals surface area contributed by atoms with Gasteiger partial charge in [-0.2, -0.15) is 33.3 Å². The largest absolute Gasteiger partial charge is 0.453 e. The number of aromatic nitrogens is 6. The van der Waals surface area contributed by atoms with Crippen molar-refractivity contribution in [2.75, 3.05) is 13.7 Å². The minimum absolute atomic E-state index is 0.0151. The number of alkyl halides is 5. The molecule has 19 heteroatoms. The van der Waals surface area contributed by atoms with Crippen LogP contribution in [-0.2, 0) is 15.1 Å². The van der Waals surface area contributed by atoms with E-state index < -0.39 is 59.8 Å². The number of amides is 2. The summed E-state index contributed by atoms with van der Waals surface area (Å²) < 4.78 is 76.4. The van der Waals surface area contributed by atoms with Crippen LogP contribution in [0.4, 0.5) is 26.7 Å². The third kappa shape index (κ3) is 6.71. The fourth-order valence-electron chi connectivity index (χ4n) is 5.95. The van der Waals surface area contributed by atoms with Gasteiger partial charge in [0.1, 0.15) is 12.0 Å². The Morgan fingerprint density at radius 1 is 1.14 bits per heavy atom. The molecule has 2 aliphatic rings. The summed E-state index contributed by atoms with van der Waals surface area (Å²) in [6, 6.07) is 9.31. The lowest BCUT2D eigenvalue weighted by Crippen LogP contribution is -2.50. The number of benzene rings is 2. The first-order valence-electron chi connectivity index (χ1n) is 15.6. The number of ether oxygens (including phenoxy) is 1. The van der Waals surface area contributed by atoms with Gasteiger partial charge in [0.15, 0.2) is 17.3 Å². The SMILES string of the molecule is COC(=O)NC[C@H](c1ccc(Cl)c(-n2ncnc2C(F)F)c1)N1C(=O)[C@@](CC(C)(C)C(F)(F)F)(c2ccc(-c3cnn(C4CC4)n3)cc2)N=C1N. The average Bonchev–Trinajstić information content (AvgIpc) is 3.49. The molecule has 0 saturated heterocycles. The molecule has 2 amide bonds. The highest BCUT2D eigenvalue weighted by atomic mass is 35.5. The van der Waals surface area contributed by atoms with Crippen LogP contribution in [0.3, 0.4) is 0 Å². The van der Waals surface area contributed by atoms with Gasteiger partial charge in [0, 0.05) is 12.1 Å². The van der Waals surface area contributed by atoms with Gasteiger partial charge < -0.3 is 15.8 Å². The first-order valence-corrected chi connectivity index (χ1v) is 16.0. The summed E-state index contributed by atoms with van der Waals surface area (Å²) in [6.07, 6.45) is -5.09. The van der Waals surface area contributed by atoms with Gasteiger partial charge in [-0.05, 0) is 42.5 Å². The predicted molar refractivity (Wildman–Crippen MR) is 173 cm³/mol. The van der Waals surface area contributed by atoms with E-state index in [0.29, 0.717) is 11.3 Å². The number of halogens is 6. The Labute approximate surface area is 292 Å². The van der Waals surface area contributed by atoms with E-state index in [0.717, 1.165) is 49.7 Å². The molecule has 270 valence electrons. The summed E-state index contributed by atoms with van der Waals surface area (Å²) >= 11 is 6.38. The quantitative estimate of drug-likeness (QED) is 0.181. The van der Waals surface area contributed by atoms with E-state index >= 15 is 0 Å². The summed E-state index contributed by atoms with van der Waals surface area (Å²) in [6.45, 7) is 1.53. The second kappa shape index (κ2) is 13.2. The first kappa shape index (κ1) is 35.7. The van der Waals surface area contributed by atoms with Crippen LogP contribution in [0.2, 0.25) is 5.02 Å². The van der Waals surface area contributed by atoms with Crippen molar-refractivity contribution in [1.82, 2.24) is 40.0 Å². The van der Waals surface area contributed by atoms with E-state index in [9.17, 15) is 31.5 Å². The van der Waals surface area contributed by atoms with Crippen LogP contribution in [-0.4, -0.2) is 72.4 Å². The monoisotopic (exact) mass is 734 g/mol. The van der Waals surface area contributed by atoms with Crippen molar-refractivity contribution < 1.29 is 36.3 Å². The van der Waals surface area contributed by atoms with E-state index in [4.69, 9.17) is 22.1 Å². The van der Waals surface area contributed by atoms with E-state index in [1.54, 1.807) is 23.1 Å². The Morgan fingerprint density at radius 2 is 1.84 bits per heavy atom. The highest BCUT2D eigenvalue weighted by Crippen LogP contribution is 2.51. The Kier molecular flexibility index (Phi) is 9.24. The molecule has 1 aliphatic heterocycles. The minimum Gasteiger partial charge on any atom is -0.453 e. The van der Waals surface area contributed by atoms with Gasteiger partial charge in [-0.1, -0.05) is 55.8 Å². The molecule has 1 saturated carbocycles. The second-order valence-electron chi connectivity index (χ2n) is 12.9. The highest BCUT2D eigenvalue weighted by Gasteiger charge is 2.59. The fourth-order valence-corrected chi connectivity index (χ4v) is 6.15. The standard InChI is InChI=1S/C32H32ClF5N10O3/c1-30(2,32(36,37)38)15-31(19-7-4-17(5-8-19)22-13-42-48(45-22)20-9-10-20)27(49)46(28(39)44-31)24(14-40-29(50)51-3)18-6-11-21(33)23(12-18)47-26(25(34)35)41-16-43-47/h4-8,11-13,16,20,24-25H,9-10,14-15H2,1-3H3,(H2,39,44)(H,40,50)/t24-,31-/m1/s1. The van der Waals surface area contributed by atoms with Crippen molar-refractivity contribution in [2.45, 2.75) is 63.3 Å². The van der Waals surface area contributed by atoms with Crippen LogP contribution >= 0.6 is 11.6 Å². The maximum absolute atomic E-state index is 14.8. The number of aliphatic imine (C=N–C) groups is 1. The van der Waals surface area contributed by atoms with Gasteiger partial charge in [0.2, 0.25) is 0 Å². The van der Waals surface area contributed by atoms with E-state index in [1.807, 2.05) is 0 Å². The lowest BCUT2D eigenvalue weighted by molar-refractivity contribution is -0.218. The molecule has 0 unspecified atom stereocenters. The van der Waals surface area contributed by atoms with Gasteiger partial charge in [0.25, 0.3) is 12.3 Å². The van der Waals surface area contributed by atoms with Gasteiger partial charge in [-0.15, -0.1) is 0 Å². The summed E-state index contributed by atoms with van der Waals surface area (Å²) in [5.74, 6) is -2.09. The smallest absolute Gasteiger partial charge is 0.406 e. The predicted octanol–water partition coefficient (Wildman–Crippen LogP) is 5.88. The topological polar surface area (TPSA) is 158 Å². The molecule has 1 fully saturated rings. The van der Waals surface area contributed by atoms with Crippen LogP contribution in [0.15, 0.2) is 60.0 Å². The summed E-state index contributed by atoms with van der Waals surface area (Å²) in [5, 5.41) is 15.1. The number of hydrogen-bond donors (Lipinski definition) is 2. The molecule has 13 nitrogen and oxygen atoms in total. The molecule has 3 N–H and O–H groups in total. The average molecular weight is 735 g/mol. The van der Waals surface area contributed by atoms with Crippen molar-refractivity contribution in [3.8, 4) is 16.9 Å². The van der Waals surface area contributed by atoms with E-state index in [2.05, 4.69) is 30.6 Å². The second-order valence-corrected chi connectivity index (χ2v) is 13.3. The third-order valence-corrected chi connectivity index (χ3v) is 9.24. The zero-order valence-electron chi connectivity index (χ0n) is 27.4. The molecule has 2 aromatic carbocycles. The Bertz CT molecular complexity index is 1980. The zero-order valence-corrected chi connectivity index (χ0v) is 28.2. The third-order valence-electron chi connectivity index (χ3n) is 8.92. The number of nitrogens with two attached hydrogens (primary N) is 1. The molecule has 51 heavy (non-hydrogen) atoms. The molecule has 2 atom stereocenters. The number of carbonyl (C=O) groups is 2. The molecule has 1 aliphatic carbocycles. The molecular weight excluding hydrogens is 703 g/mol. The number of hydrogen-bond acceptors (Lipinski definition) is 9.